The van der Waals surface area contributed by atoms with E-state index >= 15 is 0 Å². The Hall–Kier alpha value is -2.78. The zero-order valence-corrected chi connectivity index (χ0v) is 14.3. The Labute approximate surface area is 142 Å². The first kappa shape index (κ1) is 16.1. The van der Waals surface area contributed by atoms with Crippen LogP contribution in [0.25, 0.3) is 11.2 Å². The standard InChI is InChI=1S/C17H15ClN4O2/c1-4-22-16(23)14-15(21(3)17(22)24)19-13(20(14)2)9-8-11-6-5-7-12(18)10-11/h5-7,10H,4H2,1-3H3. The van der Waals surface area contributed by atoms with Crippen LogP contribution in [-0.4, -0.2) is 18.7 Å². The molecule has 0 saturated heterocycles. The molecular weight excluding hydrogens is 328 g/mol. The van der Waals surface area contributed by atoms with E-state index in [0.717, 1.165) is 5.56 Å². The third kappa shape index (κ3) is 2.53. The van der Waals surface area contributed by atoms with E-state index in [1.807, 2.05) is 12.1 Å². The van der Waals surface area contributed by atoms with Crippen molar-refractivity contribution in [2.75, 3.05) is 0 Å². The van der Waals surface area contributed by atoms with Gasteiger partial charge < -0.3 is 4.57 Å². The van der Waals surface area contributed by atoms with Crippen molar-refractivity contribution in [1.82, 2.24) is 18.7 Å². The first-order chi connectivity index (χ1) is 11.4. The molecule has 0 aliphatic carbocycles. The van der Waals surface area contributed by atoms with Crippen molar-refractivity contribution in [3.8, 4) is 11.8 Å². The van der Waals surface area contributed by atoms with E-state index in [9.17, 15) is 9.59 Å². The predicted octanol–water partition coefficient (Wildman–Crippen LogP) is 1.51. The number of aromatic nitrogens is 4. The summed E-state index contributed by atoms with van der Waals surface area (Å²) in [5, 5.41) is 0.597. The van der Waals surface area contributed by atoms with Gasteiger partial charge in [0.1, 0.15) is 0 Å². The molecule has 2 aromatic heterocycles. The van der Waals surface area contributed by atoms with Crippen molar-refractivity contribution < 1.29 is 0 Å². The molecule has 0 fully saturated rings. The number of nitrogens with zero attached hydrogens (tertiary/aromatic N) is 4. The Morgan fingerprint density at radius 3 is 2.58 bits per heavy atom. The summed E-state index contributed by atoms with van der Waals surface area (Å²) >= 11 is 5.94. The monoisotopic (exact) mass is 342 g/mol. The van der Waals surface area contributed by atoms with Gasteiger partial charge in [-0.1, -0.05) is 23.6 Å². The number of aryl methyl sites for hydroxylation is 2. The maximum atomic E-state index is 12.5. The molecule has 7 heteroatoms. The number of benzene rings is 1. The quantitative estimate of drug-likeness (QED) is 0.630. The third-order valence-corrected chi connectivity index (χ3v) is 4.05. The number of imidazole rings is 1. The van der Waals surface area contributed by atoms with Crippen LogP contribution in [0.2, 0.25) is 5.02 Å². The van der Waals surface area contributed by atoms with E-state index in [2.05, 4.69) is 16.8 Å². The zero-order chi connectivity index (χ0) is 17.4. The van der Waals surface area contributed by atoms with E-state index in [0.29, 0.717) is 28.6 Å². The molecule has 0 bridgehead atoms. The summed E-state index contributed by atoms with van der Waals surface area (Å²) in [7, 11) is 3.31. The van der Waals surface area contributed by atoms with Gasteiger partial charge in [0.25, 0.3) is 5.56 Å². The van der Waals surface area contributed by atoms with Crippen LogP contribution in [0, 0.1) is 11.8 Å². The number of fused-ring (bicyclic) bond motifs is 1. The summed E-state index contributed by atoms with van der Waals surface area (Å²) in [6.45, 7) is 2.06. The molecule has 2 heterocycles. The third-order valence-electron chi connectivity index (χ3n) is 3.82. The van der Waals surface area contributed by atoms with Gasteiger partial charge in [0.15, 0.2) is 17.0 Å². The zero-order valence-electron chi connectivity index (χ0n) is 13.5. The molecule has 0 spiro atoms. The van der Waals surface area contributed by atoms with E-state index in [1.165, 1.54) is 9.13 Å². The van der Waals surface area contributed by atoms with Gasteiger partial charge in [-0.3, -0.25) is 13.9 Å². The van der Waals surface area contributed by atoms with Gasteiger partial charge in [0.2, 0.25) is 0 Å². The SMILES string of the molecule is CCn1c(=O)c2c(nc(C#Cc3cccc(Cl)c3)n2C)n(C)c1=O. The van der Waals surface area contributed by atoms with Gasteiger partial charge in [0, 0.05) is 31.2 Å². The smallest absolute Gasteiger partial charge is 0.314 e. The number of hydrogen-bond acceptors (Lipinski definition) is 3. The molecule has 1 aromatic carbocycles. The van der Waals surface area contributed by atoms with Crippen LogP contribution >= 0.6 is 11.6 Å². The van der Waals surface area contributed by atoms with E-state index in [4.69, 9.17) is 11.6 Å². The van der Waals surface area contributed by atoms with Crippen molar-refractivity contribution in [2.45, 2.75) is 13.5 Å². The van der Waals surface area contributed by atoms with Crippen molar-refractivity contribution in [2.24, 2.45) is 14.1 Å². The normalized spacial score (nSPS) is 10.7. The second kappa shape index (κ2) is 6.02. The Balaban J connectivity index is 2.24. The molecule has 0 aliphatic heterocycles. The average Bonchev–Trinajstić information content (AvgIpc) is 2.89. The largest absolute Gasteiger partial charge is 0.332 e. The maximum absolute atomic E-state index is 12.5. The topological polar surface area (TPSA) is 61.8 Å². The predicted molar refractivity (Wildman–Crippen MR) is 93.3 cm³/mol. The number of rotatable bonds is 1. The van der Waals surface area contributed by atoms with E-state index in [1.54, 1.807) is 37.7 Å². The van der Waals surface area contributed by atoms with Gasteiger partial charge in [-0.15, -0.1) is 0 Å². The molecule has 0 amide bonds. The number of hydrogen-bond donors (Lipinski definition) is 0. The van der Waals surface area contributed by atoms with Crippen LogP contribution in [0.3, 0.4) is 0 Å². The van der Waals surface area contributed by atoms with Gasteiger partial charge in [-0.2, -0.15) is 0 Å². The molecule has 0 N–H and O–H groups in total. The Bertz CT molecular complexity index is 1130. The van der Waals surface area contributed by atoms with Gasteiger partial charge >= 0.3 is 5.69 Å². The van der Waals surface area contributed by atoms with Crippen LogP contribution < -0.4 is 11.2 Å². The molecule has 0 radical (unpaired) electrons. The van der Waals surface area contributed by atoms with Gasteiger partial charge in [-0.25, -0.2) is 9.78 Å². The summed E-state index contributed by atoms with van der Waals surface area (Å²) in [5.41, 5.74) is 0.681. The average molecular weight is 343 g/mol. The van der Waals surface area contributed by atoms with Crippen molar-refractivity contribution in [3.05, 3.63) is 61.5 Å². The second-order valence-electron chi connectivity index (χ2n) is 5.32. The summed E-state index contributed by atoms with van der Waals surface area (Å²) in [5.74, 6) is 6.32. The highest BCUT2D eigenvalue weighted by Gasteiger charge is 2.16. The minimum absolute atomic E-state index is 0.302. The Morgan fingerprint density at radius 2 is 1.92 bits per heavy atom. The molecule has 24 heavy (non-hydrogen) atoms. The van der Waals surface area contributed by atoms with Crippen LogP contribution in [-0.2, 0) is 20.6 Å². The van der Waals surface area contributed by atoms with E-state index < -0.39 is 0 Å². The fourth-order valence-corrected chi connectivity index (χ4v) is 2.72. The minimum Gasteiger partial charge on any atom is -0.314 e. The molecule has 0 aliphatic rings. The van der Waals surface area contributed by atoms with Crippen molar-refractivity contribution in [1.29, 1.82) is 0 Å². The lowest BCUT2D eigenvalue weighted by Gasteiger charge is -2.05. The number of halogens is 1. The van der Waals surface area contributed by atoms with Crippen LogP contribution in [0.1, 0.15) is 18.3 Å². The fourth-order valence-electron chi connectivity index (χ4n) is 2.53. The maximum Gasteiger partial charge on any atom is 0.332 e. The van der Waals surface area contributed by atoms with Crippen molar-refractivity contribution >= 4 is 22.8 Å². The lowest BCUT2D eigenvalue weighted by atomic mass is 10.2. The molecule has 0 saturated carbocycles. The fraction of sp³-hybridized carbons (Fsp3) is 0.235. The molecule has 0 unspecified atom stereocenters. The van der Waals surface area contributed by atoms with Crippen LogP contribution in [0.5, 0.6) is 0 Å². The lowest BCUT2D eigenvalue weighted by Crippen LogP contribution is -2.39. The lowest BCUT2D eigenvalue weighted by molar-refractivity contribution is 0.635. The van der Waals surface area contributed by atoms with Gasteiger partial charge in [-0.05, 0) is 31.0 Å². The summed E-state index contributed by atoms with van der Waals surface area (Å²) in [4.78, 5) is 29.1. The van der Waals surface area contributed by atoms with Crippen LogP contribution in [0.4, 0.5) is 0 Å². The summed E-state index contributed by atoms with van der Waals surface area (Å²) in [6, 6.07) is 7.16. The molecule has 122 valence electrons. The first-order valence-electron chi connectivity index (χ1n) is 7.38. The highest BCUT2D eigenvalue weighted by atomic mass is 35.5. The molecule has 3 aromatic rings. The highest BCUT2D eigenvalue weighted by molar-refractivity contribution is 6.30. The summed E-state index contributed by atoms with van der Waals surface area (Å²) in [6.07, 6.45) is 0. The van der Waals surface area contributed by atoms with Gasteiger partial charge in [0.05, 0.1) is 0 Å². The second-order valence-corrected chi connectivity index (χ2v) is 5.75. The Kier molecular flexibility index (Phi) is 4.04. The van der Waals surface area contributed by atoms with Crippen LogP contribution in [0.15, 0.2) is 33.9 Å². The molecule has 6 nitrogen and oxygen atoms in total. The van der Waals surface area contributed by atoms with Crippen molar-refractivity contribution in [3.63, 3.8) is 0 Å². The summed E-state index contributed by atoms with van der Waals surface area (Å²) < 4.78 is 4.16. The van der Waals surface area contributed by atoms with E-state index in [-0.39, 0.29) is 11.2 Å². The first-order valence-corrected chi connectivity index (χ1v) is 7.75. The molecule has 0 atom stereocenters. The molecular formula is C17H15ClN4O2. The highest BCUT2D eigenvalue weighted by Crippen LogP contribution is 2.11. The minimum atomic E-state index is -0.387. The Morgan fingerprint density at radius 1 is 1.17 bits per heavy atom. The molecule has 3 rings (SSSR count).